The number of nitrogens with zero attached hydrogens (tertiary/aromatic N) is 1. The van der Waals surface area contributed by atoms with Gasteiger partial charge in [0.2, 0.25) is 10.0 Å². The topological polar surface area (TPSA) is 75.4 Å². The van der Waals surface area contributed by atoms with Gasteiger partial charge in [-0.05, 0) is 67.6 Å². The number of halogens is 1. The van der Waals surface area contributed by atoms with Gasteiger partial charge in [-0.15, -0.1) is 0 Å². The highest BCUT2D eigenvalue weighted by Gasteiger charge is 2.14. The molecule has 0 aliphatic carbocycles. The van der Waals surface area contributed by atoms with E-state index in [1.165, 1.54) is 12.1 Å². The van der Waals surface area contributed by atoms with Gasteiger partial charge in [-0.3, -0.25) is 0 Å². The van der Waals surface area contributed by atoms with Gasteiger partial charge in [-0.1, -0.05) is 0 Å². The van der Waals surface area contributed by atoms with Crippen LogP contribution in [0.15, 0.2) is 27.6 Å². The molecule has 0 atom stereocenters. The Morgan fingerprint density at radius 1 is 1.32 bits per heavy atom. The third-order valence-corrected chi connectivity index (χ3v) is 4.75. The number of hydrogen-bond acceptors (Lipinski definition) is 4. The van der Waals surface area contributed by atoms with Crippen molar-refractivity contribution in [1.82, 2.24) is 9.62 Å². The quantitative estimate of drug-likeness (QED) is 0.579. The Labute approximate surface area is 123 Å². The van der Waals surface area contributed by atoms with Crippen LogP contribution in [0.2, 0.25) is 0 Å². The first-order valence-electron chi connectivity index (χ1n) is 6.02. The zero-order valence-corrected chi connectivity index (χ0v) is 13.6. The highest BCUT2D eigenvalue weighted by Crippen LogP contribution is 2.22. The van der Waals surface area contributed by atoms with Crippen LogP contribution >= 0.6 is 15.9 Å². The summed E-state index contributed by atoms with van der Waals surface area (Å²) in [6, 6.07) is 4.59. The molecule has 0 aromatic heterocycles. The van der Waals surface area contributed by atoms with Crippen molar-refractivity contribution in [2.45, 2.75) is 17.7 Å². The Kier molecular flexibility index (Phi) is 6.25. The van der Waals surface area contributed by atoms with Crippen molar-refractivity contribution in [3.05, 3.63) is 22.7 Å². The monoisotopic (exact) mass is 349 g/mol. The summed E-state index contributed by atoms with van der Waals surface area (Å²) in [5.41, 5.74) is 6.15. The van der Waals surface area contributed by atoms with Gasteiger partial charge in [0, 0.05) is 16.7 Å². The SMILES string of the molecule is CN(C)CCCCNS(=O)(=O)c1ccc(N)c(Br)c1. The smallest absolute Gasteiger partial charge is 0.240 e. The summed E-state index contributed by atoms with van der Waals surface area (Å²) < 4.78 is 27.2. The van der Waals surface area contributed by atoms with E-state index in [1.807, 2.05) is 14.1 Å². The Morgan fingerprint density at radius 2 is 2.00 bits per heavy atom. The van der Waals surface area contributed by atoms with E-state index < -0.39 is 10.0 Å². The lowest BCUT2D eigenvalue weighted by molar-refractivity contribution is 0.394. The van der Waals surface area contributed by atoms with Crippen LogP contribution in [0.4, 0.5) is 5.69 Å². The van der Waals surface area contributed by atoms with Crippen molar-refractivity contribution >= 4 is 31.6 Å². The maximum Gasteiger partial charge on any atom is 0.240 e. The average molecular weight is 350 g/mol. The molecule has 0 fully saturated rings. The second-order valence-corrected chi connectivity index (χ2v) is 7.21. The van der Waals surface area contributed by atoms with Crippen molar-refractivity contribution < 1.29 is 8.42 Å². The van der Waals surface area contributed by atoms with Crippen LogP contribution in [0.25, 0.3) is 0 Å². The molecule has 5 nitrogen and oxygen atoms in total. The zero-order chi connectivity index (χ0) is 14.5. The van der Waals surface area contributed by atoms with Crippen LogP contribution in [0.1, 0.15) is 12.8 Å². The molecule has 7 heteroatoms. The summed E-state index contributed by atoms with van der Waals surface area (Å²) in [4.78, 5) is 2.30. The maximum absolute atomic E-state index is 12.0. The predicted octanol–water partition coefficient (Wildman–Crippen LogP) is 1.65. The van der Waals surface area contributed by atoms with Gasteiger partial charge in [0.05, 0.1) is 4.90 Å². The predicted molar refractivity (Wildman–Crippen MR) is 81.5 cm³/mol. The fraction of sp³-hybridized carbons (Fsp3) is 0.500. The van der Waals surface area contributed by atoms with Gasteiger partial charge in [-0.25, -0.2) is 13.1 Å². The molecule has 0 heterocycles. The summed E-state index contributed by atoms with van der Waals surface area (Å²) in [5.74, 6) is 0. The minimum atomic E-state index is -3.45. The molecule has 0 spiro atoms. The van der Waals surface area contributed by atoms with Crippen LogP contribution in [0.5, 0.6) is 0 Å². The molecule has 0 saturated heterocycles. The van der Waals surface area contributed by atoms with Crippen molar-refractivity contribution in [1.29, 1.82) is 0 Å². The van der Waals surface area contributed by atoms with Gasteiger partial charge in [0.1, 0.15) is 0 Å². The Balaban J connectivity index is 2.54. The minimum absolute atomic E-state index is 0.223. The molecule has 0 amide bonds. The lowest BCUT2D eigenvalue weighted by Gasteiger charge is -2.10. The molecule has 0 unspecified atom stereocenters. The minimum Gasteiger partial charge on any atom is -0.398 e. The number of sulfonamides is 1. The average Bonchev–Trinajstić information content (AvgIpc) is 2.31. The van der Waals surface area contributed by atoms with E-state index in [9.17, 15) is 8.42 Å². The molecule has 0 aliphatic heterocycles. The van der Waals surface area contributed by atoms with Crippen molar-refractivity contribution in [2.24, 2.45) is 0 Å². The molecule has 3 N–H and O–H groups in total. The van der Waals surface area contributed by atoms with Crippen LogP contribution in [-0.2, 0) is 10.0 Å². The second kappa shape index (κ2) is 7.23. The fourth-order valence-corrected chi connectivity index (χ4v) is 3.15. The van der Waals surface area contributed by atoms with Gasteiger partial charge in [0.25, 0.3) is 0 Å². The normalized spacial score (nSPS) is 12.0. The second-order valence-electron chi connectivity index (χ2n) is 4.59. The van der Waals surface area contributed by atoms with Crippen molar-refractivity contribution in [3.63, 3.8) is 0 Å². The first kappa shape index (κ1) is 16.4. The van der Waals surface area contributed by atoms with Crippen LogP contribution in [0.3, 0.4) is 0 Å². The van der Waals surface area contributed by atoms with E-state index in [4.69, 9.17) is 5.73 Å². The van der Waals surface area contributed by atoms with E-state index in [2.05, 4.69) is 25.6 Å². The highest BCUT2D eigenvalue weighted by atomic mass is 79.9. The van der Waals surface area contributed by atoms with Crippen molar-refractivity contribution in [2.75, 3.05) is 32.9 Å². The number of unbranched alkanes of at least 4 members (excludes halogenated alkanes) is 1. The molecule has 1 aromatic rings. The van der Waals surface area contributed by atoms with Crippen LogP contribution in [0, 0.1) is 0 Å². The Morgan fingerprint density at radius 3 is 2.58 bits per heavy atom. The molecule has 0 aliphatic rings. The summed E-state index contributed by atoms with van der Waals surface area (Å²) in [7, 11) is 0.543. The number of nitrogens with two attached hydrogens (primary N) is 1. The fourth-order valence-electron chi connectivity index (χ4n) is 1.52. The van der Waals surface area contributed by atoms with E-state index in [1.54, 1.807) is 6.07 Å². The number of anilines is 1. The third kappa shape index (κ3) is 5.48. The van der Waals surface area contributed by atoms with Gasteiger partial charge in [-0.2, -0.15) is 0 Å². The summed E-state index contributed by atoms with van der Waals surface area (Å²) >= 11 is 3.22. The molecule has 19 heavy (non-hydrogen) atoms. The van der Waals surface area contributed by atoms with Crippen molar-refractivity contribution in [3.8, 4) is 0 Å². The number of nitrogen functional groups attached to an aromatic ring is 1. The summed E-state index contributed by atoms with van der Waals surface area (Å²) in [6.07, 6.45) is 1.77. The van der Waals surface area contributed by atoms with E-state index >= 15 is 0 Å². The molecule has 108 valence electrons. The lowest BCUT2D eigenvalue weighted by Crippen LogP contribution is -2.25. The number of hydrogen-bond donors (Lipinski definition) is 2. The highest BCUT2D eigenvalue weighted by molar-refractivity contribution is 9.10. The van der Waals surface area contributed by atoms with Gasteiger partial charge in [0.15, 0.2) is 0 Å². The summed E-state index contributed by atoms with van der Waals surface area (Å²) in [5, 5.41) is 0. The van der Waals surface area contributed by atoms with E-state index in [-0.39, 0.29) is 4.90 Å². The molecular weight excluding hydrogens is 330 g/mol. The lowest BCUT2D eigenvalue weighted by atomic mass is 10.3. The number of nitrogens with one attached hydrogen (secondary N) is 1. The third-order valence-electron chi connectivity index (χ3n) is 2.61. The summed E-state index contributed by atoms with van der Waals surface area (Å²) in [6.45, 7) is 1.40. The van der Waals surface area contributed by atoms with Gasteiger partial charge >= 0.3 is 0 Å². The van der Waals surface area contributed by atoms with Crippen LogP contribution in [-0.4, -0.2) is 40.5 Å². The standard InChI is InChI=1S/C12H20BrN3O2S/c1-16(2)8-4-3-7-15-19(17,18)10-5-6-12(14)11(13)9-10/h5-6,9,15H,3-4,7-8,14H2,1-2H3. The molecule has 1 rings (SSSR count). The Bertz CT molecular complexity index is 518. The van der Waals surface area contributed by atoms with E-state index in [0.29, 0.717) is 16.7 Å². The Hall–Kier alpha value is -0.630. The van der Waals surface area contributed by atoms with E-state index in [0.717, 1.165) is 19.4 Å². The molecule has 1 aromatic carbocycles. The van der Waals surface area contributed by atoms with Gasteiger partial charge < -0.3 is 10.6 Å². The molecule has 0 radical (unpaired) electrons. The molecule has 0 bridgehead atoms. The first-order chi connectivity index (χ1) is 8.83. The maximum atomic E-state index is 12.0. The molecular formula is C12H20BrN3O2S. The van der Waals surface area contributed by atoms with Crippen LogP contribution < -0.4 is 10.5 Å². The zero-order valence-electron chi connectivity index (χ0n) is 11.2. The molecule has 0 saturated carbocycles. The number of benzene rings is 1. The number of rotatable bonds is 7. The largest absolute Gasteiger partial charge is 0.398 e. The first-order valence-corrected chi connectivity index (χ1v) is 8.30.